The normalized spacial score (nSPS) is 12.8. The summed E-state index contributed by atoms with van der Waals surface area (Å²) < 4.78 is 5.59. The lowest BCUT2D eigenvalue weighted by Crippen LogP contribution is -2.39. The summed E-state index contributed by atoms with van der Waals surface area (Å²) in [7, 11) is 1.74. The lowest BCUT2D eigenvalue weighted by atomic mass is 9.98. The Bertz CT molecular complexity index is 427. The molecule has 0 spiro atoms. The van der Waals surface area contributed by atoms with Crippen molar-refractivity contribution in [1.29, 1.82) is 0 Å². The monoisotopic (exact) mass is 264 g/mol. The van der Waals surface area contributed by atoms with E-state index in [-0.39, 0.29) is 0 Å². The number of benzene rings is 1. The highest BCUT2D eigenvalue weighted by Crippen LogP contribution is 2.29. The van der Waals surface area contributed by atoms with Gasteiger partial charge >= 0.3 is 0 Å². The fourth-order valence-corrected chi connectivity index (χ4v) is 2.42. The van der Waals surface area contributed by atoms with Crippen LogP contribution in [0.5, 0.6) is 5.75 Å². The van der Waals surface area contributed by atoms with Gasteiger partial charge in [-0.05, 0) is 43.4 Å². The highest BCUT2D eigenvalue weighted by molar-refractivity contribution is 5.49. The molecule has 0 saturated carbocycles. The topological polar surface area (TPSA) is 47.3 Å². The lowest BCUT2D eigenvalue weighted by Gasteiger charge is -2.23. The Kier molecular flexibility index (Phi) is 5.83. The Morgan fingerprint density at radius 1 is 1.21 bits per heavy atom. The third kappa shape index (κ3) is 3.71. The molecule has 0 saturated heterocycles. The molecule has 0 fully saturated rings. The van der Waals surface area contributed by atoms with Gasteiger partial charge in [0.05, 0.1) is 7.11 Å². The number of nitrogens with two attached hydrogens (primary N) is 1. The summed E-state index contributed by atoms with van der Waals surface area (Å²) >= 11 is 0. The van der Waals surface area contributed by atoms with E-state index in [1.165, 1.54) is 22.3 Å². The molecule has 0 heterocycles. The van der Waals surface area contributed by atoms with E-state index in [1.54, 1.807) is 7.11 Å². The summed E-state index contributed by atoms with van der Waals surface area (Å²) in [5.41, 5.74) is 10.8. The highest BCUT2D eigenvalue weighted by atomic mass is 16.5. The average molecular weight is 264 g/mol. The molecule has 0 aliphatic carbocycles. The number of rotatable bonds is 6. The molecule has 0 aliphatic rings. The number of hydrogen-bond donors (Lipinski definition) is 2. The Morgan fingerprint density at radius 3 is 2.32 bits per heavy atom. The first-order valence-corrected chi connectivity index (χ1v) is 6.99. The first-order valence-electron chi connectivity index (χ1n) is 6.99. The van der Waals surface area contributed by atoms with Gasteiger partial charge in [-0.25, -0.2) is 0 Å². The first-order chi connectivity index (χ1) is 8.92. The van der Waals surface area contributed by atoms with Gasteiger partial charge in [-0.1, -0.05) is 19.9 Å². The second kappa shape index (κ2) is 6.92. The minimum absolute atomic E-state index is 0.339. The van der Waals surface area contributed by atoms with Gasteiger partial charge in [0.15, 0.2) is 0 Å². The molecular formula is C16H28N2O. The third-order valence-electron chi connectivity index (χ3n) is 3.92. The largest absolute Gasteiger partial charge is 0.496 e. The molecule has 0 radical (unpaired) electrons. The lowest BCUT2D eigenvalue weighted by molar-refractivity contribution is 0.384. The van der Waals surface area contributed by atoms with Crippen LogP contribution in [-0.2, 0) is 6.54 Å². The van der Waals surface area contributed by atoms with Crippen LogP contribution in [0, 0.1) is 26.7 Å². The van der Waals surface area contributed by atoms with Gasteiger partial charge in [0.1, 0.15) is 5.75 Å². The predicted octanol–water partition coefficient (Wildman–Crippen LogP) is 2.69. The number of ether oxygens (including phenoxy) is 1. The van der Waals surface area contributed by atoms with Crippen LogP contribution in [0.2, 0.25) is 0 Å². The fourth-order valence-electron chi connectivity index (χ4n) is 2.42. The van der Waals surface area contributed by atoms with Crippen LogP contribution in [0.1, 0.15) is 36.1 Å². The highest BCUT2D eigenvalue weighted by Gasteiger charge is 2.15. The van der Waals surface area contributed by atoms with Crippen LogP contribution in [-0.4, -0.2) is 19.7 Å². The zero-order valence-corrected chi connectivity index (χ0v) is 13.1. The van der Waals surface area contributed by atoms with Crippen LogP contribution in [0.3, 0.4) is 0 Å². The van der Waals surface area contributed by atoms with Gasteiger partial charge in [0.25, 0.3) is 0 Å². The second-order valence-electron chi connectivity index (χ2n) is 5.61. The van der Waals surface area contributed by atoms with Crippen molar-refractivity contribution < 1.29 is 4.74 Å². The number of methoxy groups -OCH3 is 1. The van der Waals surface area contributed by atoms with Crippen LogP contribution in [0.4, 0.5) is 0 Å². The zero-order chi connectivity index (χ0) is 14.6. The van der Waals surface area contributed by atoms with Gasteiger partial charge in [0, 0.05) is 24.7 Å². The standard InChI is InChI=1S/C16H28N2O/c1-10(2)15(8-17)18-9-14-12(4)7-11(3)13(5)16(14)19-6/h7,10,15,18H,8-9,17H2,1-6H3. The molecule has 0 amide bonds. The van der Waals surface area contributed by atoms with E-state index in [4.69, 9.17) is 10.5 Å². The van der Waals surface area contributed by atoms with E-state index < -0.39 is 0 Å². The van der Waals surface area contributed by atoms with Gasteiger partial charge in [-0.3, -0.25) is 0 Å². The maximum absolute atomic E-state index is 5.81. The summed E-state index contributed by atoms with van der Waals surface area (Å²) in [5.74, 6) is 1.53. The van der Waals surface area contributed by atoms with E-state index in [9.17, 15) is 0 Å². The predicted molar refractivity (Wildman–Crippen MR) is 81.7 cm³/mol. The summed E-state index contributed by atoms with van der Waals surface area (Å²) in [5, 5.41) is 3.54. The van der Waals surface area contributed by atoms with Crippen LogP contribution in [0.15, 0.2) is 6.07 Å². The third-order valence-corrected chi connectivity index (χ3v) is 3.92. The van der Waals surface area contributed by atoms with Crippen molar-refractivity contribution >= 4 is 0 Å². The minimum atomic E-state index is 0.339. The van der Waals surface area contributed by atoms with Crippen LogP contribution >= 0.6 is 0 Å². The van der Waals surface area contributed by atoms with Crippen molar-refractivity contribution in [2.24, 2.45) is 11.7 Å². The first kappa shape index (κ1) is 16.0. The Morgan fingerprint density at radius 2 is 1.84 bits per heavy atom. The second-order valence-corrected chi connectivity index (χ2v) is 5.61. The molecule has 1 rings (SSSR count). The molecule has 0 aromatic heterocycles. The molecule has 1 aromatic carbocycles. The molecule has 3 N–H and O–H groups in total. The van der Waals surface area contributed by atoms with Crippen molar-refractivity contribution in [2.75, 3.05) is 13.7 Å². The molecule has 19 heavy (non-hydrogen) atoms. The van der Waals surface area contributed by atoms with Crippen molar-refractivity contribution in [3.63, 3.8) is 0 Å². The molecule has 1 unspecified atom stereocenters. The van der Waals surface area contributed by atoms with Crippen molar-refractivity contribution in [3.8, 4) is 5.75 Å². The molecule has 3 nitrogen and oxygen atoms in total. The smallest absolute Gasteiger partial charge is 0.126 e. The molecule has 1 atom stereocenters. The summed E-state index contributed by atoms with van der Waals surface area (Å²) in [6.45, 7) is 12.2. The Balaban J connectivity index is 2.98. The molecular weight excluding hydrogens is 236 g/mol. The quantitative estimate of drug-likeness (QED) is 0.830. The van der Waals surface area contributed by atoms with Crippen molar-refractivity contribution in [2.45, 2.75) is 47.2 Å². The molecule has 0 bridgehead atoms. The van der Waals surface area contributed by atoms with E-state index in [1.807, 2.05) is 0 Å². The van der Waals surface area contributed by atoms with Crippen LogP contribution in [0.25, 0.3) is 0 Å². The van der Waals surface area contributed by atoms with E-state index in [0.717, 1.165) is 12.3 Å². The van der Waals surface area contributed by atoms with Gasteiger partial charge in [0.2, 0.25) is 0 Å². The minimum Gasteiger partial charge on any atom is -0.496 e. The molecule has 3 heteroatoms. The number of nitrogens with one attached hydrogen (secondary N) is 1. The number of hydrogen-bond acceptors (Lipinski definition) is 3. The fraction of sp³-hybridized carbons (Fsp3) is 0.625. The maximum atomic E-state index is 5.81. The molecule has 108 valence electrons. The van der Waals surface area contributed by atoms with E-state index in [2.05, 4.69) is 46.0 Å². The zero-order valence-electron chi connectivity index (χ0n) is 13.1. The van der Waals surface area contributed by atoms with Gasteiger partial charge < -0.3 is 15.8 Å². The van der Waals surface area contributed by atoms with E-state index >= 15 is 0 Å². The van der Waals surface area contributed by atoms with E-state index in [0.29, 0.717) is 18.5 Å². The van der Waals surface area contributed by atoms with Crippen molar-refractivity contribution in [3.05, 3.63) is 28.3 Å². The Labute approximate surface area is 117 Å². The number of aryl methyl sites for hydroxylation is 2. The maximum Gasteiger partial charge on any atom is 0.126 e. The SMILES string of the molecule is COc1c(C)c(C)cc(C)c1CNC(CN)C(C)C. The van der Waals surface area contributed by atoms with Gasteiger partial charge in [-0.2, -0.15) is 0 Å². The summed E-state index contributed by atoms with van der Waals surface area (Å²) in [4.78, 5) is 0. The molecule has 0 aliphatic heterocycles. The average Bonchev–Trinajstić information content (AvgIpc) is 2.35. The summed E-state index contributed by atoms with van der Waals surface area (Å²) in [6, 6.07) is 2.56. The molecule has 1 aromatic rings. The summed E-state index contributed by atoms with van der Waals surface area (Å²) in [6.07, 6.45) is 0. The van der Waals surface area contributed by atoms with Crippen molar-refractivity contribution in [1.82, 2.24) is 5.32 Å². The Hall–Kier alpha value is -1.06. The van der Waals surface area contributed by atoms with Gasteiger partial charge in [-0.15, -0.1) is 0 Å². The van der Waals surface area contributed by atoms with Crippen LogP contribution < -0.4 is 15.8 Å².